The molecule has 0 aliphatic heterocycles. The first kappa shape index (κ1) is 17.0. The SMILES string of the molecule is Cc1nn(C)c(C)c1CN(Cc1ccc(-c2cccnc2)cc1)C1CC1. The Bertz CT molecular complexity index is 877. The Balaban J connectivity index is 1.50. The summed E-state index contributed by atoms with van der Waals surface area (Å²) in [7, 11) is 2.03. The van der Waals surface area contributed by atoms with Crippen molar-refractivity contribution in [2.24, 2.45) is 7.05 Å². The van der Waals surface area contributed by atoms with Crippen LogP contribution in [0.2, 0.25) is 0 Å². The lowest BCUT2D eigenvalue weighted by molar-refractivity contribution is 0.245. The lowest BCUT2D eigenvalue weighted by atomic mass is 10.1. The van der Waals surface area contributed by atoms with Crippen molar-refractivity contribution in [3.05, 3.63) is 71.3 Å². The molecule has 1 saturated carbocycles. The van der Waals surface area contributed by atoms with Crippen LogP contribution in [0, 0.1) is 13.8 Å². The molecule has 2 aromatic heterocycles. The molecular formula is C22H26N4. The Morgan fingerprint density at radius 2 is 1.81 bits per heavy atom. The van der Waals surface area contributed by atoms with Crippen LogP contribution in [0.25, 0.3) is 11.1 Å². The van der Waals surface area contributed by atoms with Crippen LogP contribution < -0.4 is 0 Å². The van der Waals surface area contributed by atoms with Gasteiger partial charge in [0.1, 0.15) is 0 Å². The van der Waals surface area contributed by atoms with Gasteiger partial charge < -0.3 is 0 Å². The van der Waals surface area contributed by atoms with Gasteiger partial charge in [0.2, 0.25) is 0 Å². The predicted molar refractivity (Wildman–Crippen MR) is 105 cm³/mol. The van der Waals surface area contributed by atoms with Gasteiger partial charge in [-0.2, -0.15) is 5.10 Å². The Morgan fingerprint density at radius 3 is 2.38 bits per heavy atom. The molecule has 0 unspecified atom stereocenters. The Morgan fingerprint density at radius 1 is 1.04 bits per heavy atom. The second-order valence-corrected chi connectivity index (χ2v) is 7.35. The summed E-state index contributed by atoms with van der Waals surface area (Å²) in [6, 6.07) is 13.7. The highest BCUT2D eigenvalue weighted by molar-refractivity contribution is 5.62. The minimum atomic E-state index is 0.715. The molecule has 4 rings (SSSR count). The molecule has 0 N–H and O–H groups in total. The molecule has 0 bridgehead atoms. The van der Waals surface area contributed by atoms with Crippen LogP contribution in [0.4, 0.5) is 0 Å². The molecule has 1 aliphatic rings. The topological polar surface area (TPSA) is 34.0 Å². The first-order chi connectivity index (χ1) is 12.6. The molecule has 3 aromatic rings. The summed E-state index contributed by atoms with van der Waals surface area (Å²) >= 11 is 0. The molecule has 26 heavy (non-hydrogen) atoms. The molecule has 2 heterocycles. The number of aryl methyl sites for hydroxylation is 2. The third-order valence-corrected chi connectivity index (χ3v) is 5.42. The van der Waals surface area contributed by atoms with Gasteiger partial charge in [-0.05, 0) is 49.4 Å². The van der Waals surface area contributed by atoms with Crippen LogP contribution in [0.1, 0.15) is 35.4 Å². The summed E-state index contributed by atoms with van der Waals surface area (Å²) in [5.74, 6) is 0. The molecule has 0 saturated heterocycles. The first-order valence-electron chi connectivity index (χ1n) is 9.34. The molecule has 1 fully saturated rings. The molecule has 4 heteroatoms. The maximum atomic E-state index is 4.58. The fourth-order valence-corrected chi connectivity index (χ4v) is 3.57. The molecule has 4 nitrogen and oxygen atoms in total. The van der Waals surface area contributed by atoms with E-state index >= 15 is 0 Å². The zero-order chi connectivity index (χ0) is 18.1. The quantitative estimate of drug-likeness (QED) is 0.669. The molecular weight excluding hydrogens is 320 g/mol. The summed E-state index contributed by atoms with van der Waals surface area (Å²) in [6.07, 6.45) is 6.35. The Labute approximate surface area is 155 Å². The average Bonchev–Trinajstić information content (AvgIpc) is 3.47. The molecule has 1 aromatic carbocycles. The van der Waals surface area contributed by atoms with E-state index in [9.17, 15) is 0 Å². The molecule has 0 atom stereocenters. The van der Waals surface area contributed by atoms with E-state index in [0.29, 0.717) is 6.04 Å². The number of hydrogen-bond acceptors (Lipinski definition) is 3. The van der Waals surface area contributed by atoms with Gasteiger partial charge in [0.05, 0.1) is 5.69 Å². The van der Waals surface area contributed by atoms with E-state index in [1.54, 1.807) is 0 Å². The highest BCUT2D eigenvalue weighted by Gasteiger charge is 2.30. The summed E-state index contributed by atoms with van der Waals surface area (Å²) < 4.78 is 2.00. The molecule has 0 radical (unpaired) electrons. The largest absolute Gasteiger partial charge is 0.292 e. The highest BCUT2D eigenvalue weighted by Crippen LogP contribution is 2.31. The van der Waals surface area contributed by atoms with Crippen molar-refractivity contribution in [2.45, 2.75) is 45.8 Å². The van der Waals surface area contributed by atoms with Gasteiger partial charge in [0.15, 0.2) is 0 Å². The molecule has 0 amide bonds. The van der Waals surface area contributed by atoms with Gasteiger partial charge in [0.25, 0.3) is 0 Å². The van der Waals surface area contributed by atoms with Crippen LogP contribution in [0.5, 0.6) is 0 Å². The second kappa shape index (κ2) is 7.04. The van der Waals surface area contributed by atoms with Gasteiger partial charge in [-0.25, -0.2) is 0 Å². The summed E-state index contributed by atoms with van der Waals surface area (Å²) in [4.78, 5) is 6.82. The Kier molecular flexibility index (Phi) is 4.60. The number of pyridine rings is 1. The van der Waals surface area contributed by atoms with E-state index in [1.165, 1.54) is 40.8 Å². The van der Waals surface area contributed by atoms with Crippen molar-refractivity contribution >= 4 is 0 Å². The van der Waals surface area contributed by atoms with Crippen LogP contribution >= 0.6 is 0 Å². The summed E-state index contributed by atoms with van der Waals surface area (Å²) in [5, 5.41) is 4.58. The van der Waals surface area contributed by atoms with E-state index in [2.05, 4.69) is 59.2 Å². The van der Waals surface area contributed by atoms with E-state index in [0.717, 1.165) is 18.8 Å². The number of rotatable bonds is 6. The van der Waals surface area contributed by atoms with Crippen LogP contribution in [-0.4, -0.2) is 25.7 Å². The van der Waals surface area contributed by atoms with Gasteiger partial charge in [-0.15, -0.1) is 0 Å². The smallest absolute Gasteiger partial charge is 0.0641 e. The number of hydrogen-bond donors (Lipinski definition) is 0. The second-order valence-electron chi connectivity index (χ2n) is 7.35. The average molecular weight is 346 g/mol. The van der Waals surface area contributed by atoms with Crippen molar-refractivity contribution in [3.63, 3.8) is 0 Å². The standard InChI is InChI=1S/C22H26N4/c1-16-22(17(2)25(3)24-16)15-26(21-10-11-21)14-18-6-8-19(9-7-18)20-5-4-12-23-13-20/h4-9,12-13,21H,10-11,14-15H2,1-3H3. The fourth-order valence-electron chi connectivity index (χ4n) is 3.57. The molecule has 0 spiro atoms. The minimum absolute atomic E-state index is 0.715. The maximum Gasteiger partial charge on any atom is 0.0641 e. The van der Waals surface area contributed by atoms with E-state index in [1.807, 2.05) is 30.2 Å². The lowest BCUT2D eigenvalue weighted by Crippen LogP contribution is -2.25. The highest BCUT2D eigenvalue weighted by atomic mass is 15.3. The van der Waals surface area contributed by atoms with Crippen molar-refractivity contribution in [3.8, 4) is 11.1 Å². The number of aromatic nitrogens is 3. The van der Waals surface area contributed by atoms with E-state index in [4.69, 9.17) is 0 Å². The summed E-state index contributed by atoms with van der Waals surface area (Å²) in [5.41, 5.74) is 7.57. The maximum absolute atomic E-state index is 4.58. The predicted octanol–water partition coefficient (Wildman–Crippen LogP) is 4.26. The summed E-state index contributed by atoms with van der Waals surface area (Å²) in [6.45, 7) is 6.27. The van der Waals surface area contributed by atoms with Crippen LogP contribution in [-0.2, 0) is 20.1 Å². The third kappa shape index (κ3) is 3.56. The fraction of sp³-hybridized carbons (Fsp3) is 0.364. The van der Waals surface area contributed by atoms with Crippen molar-refractivity contribution in [2.75, 3.05) is 0 Å². The van der Waals surface area contributed by atoms with Crippen molar-refractivity contribution < 1.29 is 0 Å². The van der Waals surface area contributed by atoms with Crippen LogP contribution in [0.15, 0.2) is 48.8 Å². The third-order valence-electron chi connectivity index (χ3n) is 5.42. The van der Waals surface area contributed by atoms with Crippen molar-refractivity contribution in [1.82, 2.24) is 19.7 Å². The van der Waals surface area contributed by atoms with Gasteiger partial charge >= 0.3 is 0 Å². The zero-order valence-electron chi connectivity index (χ0n) is 15.8. The zero-order valence-corrected chi connectivity index (χ0v) is 15.8. The molecule has 1 aliphatic carbocycles. The van der Waals surface area contributed by atoms with Gasteiger partial charge in [-0.1, -0.05) is 30.3 Å². The number of nitrogens with zero attached hydrogens (tertiary/aromatic N) is 4. The van der Waals surface area contributed by atoms with Gasteiger partial charge in [-0.3, -0.25) is 14.6 Å². The minimum Gasteiger partial charge on any atom is -0.292 e. The van der Waals surface area contributed by atoms with E-state index in [-0.39, 0.29) is 0 Å². The normalized spacial score (nSPS) is 14.2. The Hall–Kier alpha value is -2.46. The number of benzene rings is 1. The lowest BCUT2D eigenvalue weighted by Gasteiger charge is -2.22. The monoisotopic (exact) mass is 346 g/mol. The molecule has 134 valence electrons. The van der Waals surface area contributed by atoms with E-state index < -0.39 is 0 Å². The first-order valence-corrected chi connectivity index (χ1v) is 9.34. The van der Waals surface area contributed by atoms with Gasteiger partial charge in [0, 0.05) is 49.8 Å². The van der Waals surface area contributed by atoms with Crippen LogP contribution in [0.3, 0.4) is 0 Å². The van der Waals surface area contributed by atoms with Crippen molar-refractivity contribution in [1.29, 1.82) is 0 Å².